The zero-order valence-corrected chi connectivity index (χ0v) is 11.1. The molecule has 0 saturated heterocycles. The van der Waals surface area contributed by atoms with Crippen molar-refractivity contribution in [2.24, 2.45) is 0 Å². The van der Waals surface area contributed by atoms with Crippen LogP contribution in [0.3, 0.4) is 0 Å². The smallest absolute Gasteiger partial charge is 0.117 e. The number of thiazole rings is 1. The fraction of sp³-hybridized carbons (Fsp3) is 0. The normalized spacial score (nSPS) is 11.6. The number of para-hydroxylation sites is 1. The summed E-state index contributed by atoms with van der Waals surface area (Å²) in [5.74, 6) is 0. The van der Waals surface area contributed by atoms with Crippen molar-refractivity contribution in [2.75, 3.05) is 0 Å². The van der Waals surface area contributed by atoms with Crippen molar-refractivity contribution in [3.05, 3.63) is 50.6 Å². The Morgan fingerprint density at radius 3 is 2.65 bits per heavy atom. The zero-order valence-electron chi connectivity index (χ0n) is 8.76. The Balaban J connectivity index is 1.92. The first-order valence-electron chi connectivity index (χ1n) is 5.10. The van der Waals surface area contributed by atoms with Gasteiger partial charge in [0.15, 0.2) is 0 Å². The highest BCUT2D eigenvalue weighted by molar-refractivity contribution is 7.19. The number of thiophene rings is 1. The van der Waals surface area contributed by atoms with Gasteiger partial charge in [-0.3, -0.25) is 0 Å². The molecule has 0 spiro atoms. The maximum absolute atomic E-state index is 5.88. The summed E-state index contributed by atoms with van der Waals surface area (Å²) in [6, 6.07) is 12.1. The number of benzene rings is 1. The Labute approximate surface area is 112 Å². The zero-order chi connectivity index (χ0) is 11.7. The van der Waals surface area contributed by atoms with Crippen molar-refractivity contribution in [1.29, 1.82) is 0 Å². The first-order valence-corrected chi connectivity index (χ1v) is 7.11. The first-order chi connectivity index (χ1) is 8.31. The van der Waals surface area contributed by atoms with Crippen LogP contribution in [0.2, 0.25) is 4.34 Å². The molecule has 3 aromatic rings. The summed E-state index contributed by atoms with van der Waals surface area (Å²) < 4.78 is 2.03. The van der Waals surface area contributed by atoms with E-state index in [4.69, 9.17) is 11.6 Å². The Morgan fingerprint density at radius 2 is 1.88 bits per heavy atom. The third kappa shape index (κ3) is 2.41. The van der Waals surface area contributed by atoms with Gasteiger partial charge in [0.05, 0.1) is 14.6 Å². The standard InChI is InChI=1S/C13H8ClNS2/c14-12-7-5-9(16-12)6-8-13-15-10-3-1-2-4-11(10)17-13/h1-8H/b8-6+. The van der Waals surface area contributed by atoms with Gasteiger partial charge in [0.2, 0.25) is 0 Å². The highest BCUT2D eigenvalue weighted by Gasteiger charge is 1.99. The minimum absolute atomic E-state index is 0.814. The van der Waals surface area contributed by atoms with E-state index in [2.05, 4.69) is 11.1 Å². The lowest BCUT2D eigenvalue weighted by atomic mass is 10.3. The minimum Gasteiger partial charge on any atom is -0.237 e. The van der Waals surface area contributed by atoms with E-state index in [9.17, 15) is 0 Å². The maximum atomic E-state index is 5.88. The number of rotatable bonds is 2. The van der Waals surface area contributed by atoms with Crippen molar-refractivity contribution < 1.29 is 0 Å². The molecule has 0 atom stereocenters. The molecule has 1 nitrogen and oxygen atoms in total. The molecule has 2 aromatic heterocycles. The van der Waals surface area contributed by atoms with Crippen molar-refractivity contribution in [3.63, 3.8) is 0 Å². The van der Waals surface area contributed by atoms with Gasteiger partial charge in [0, 0.05) is 4.88 Å². The molecule has 2 heterocycles. The van der Waals surface area contributed by atoms with Gasteiger partial charge in [-0.1, -0.05) is 23.7 Å². The quantitative estimate of drug-likeness (QED) is 0.629. The van der Waals surface area contributed by atoms with Crippen LogP contribution < -0.4 is 0 Å². The number of fused-ring (bicyclic) bond motifs is 1. The summed E-state index contributed by atoms with van der Waals surface area (Å²) in [4.78, 5) is 5.69. The minimum atomic E-state index is 0.814. The topological polar surface area (TPSA) is 12.9 Å². The fourth-order valence-corrected chi connectivity index (χ4v) is 3.37. The van der Waals surface area contributed by atoms with Crippen molar-refractivity contribution >= 4 is 56.6 Å². The van der Waals surface area contributed by atoms with Crippen LogP contribution in [0, 0.1) is 0 Å². The molecule has 4 heteroatoms. The van der Waals surface area contributed by atoms with E-state index < -0.39 is 0 Å². The van der Waals surface area contributed by atoms with E-state index in [0.29, 0.717) is 0 Å². The summed E-state index contributed by atoms with van der Waals surface area (Å²) in [6.45, 7) is 0. The predicted octanol–water partition coefficient (Wildman–Crippen LogP) is 5.18. The number of hydrogen-bond donors (Lipinski definition) is 0. The molecule has 0 aliphatic rings. The van der Waals surface area contributed by atoms with Gasteiger partial charge in [0.25, 0.3) is 0 Å². The maximum Gasteiger partial charge on any atom is 0.117 e. The third-order valence-electron chi connectivity index (χ3n) is 2.29. The van der Waals surface area contributed by atoms with Crippen LogP contribution in [0.1, 0.15) is 9.88 Å². The van der Waals surface area contributed by atoms with Gasteiger partial charge in [-0.15, -0.1) is 22.7 Å². The second kappa shape index (κ2) is 4.61. The van der Waals surface area contributed by atoms with E-state index in [0.717, 1.165) is 19.7 Å². The van der Waals surface area contributed by atoms with Crippen molar-refractivity contribution in [2.45, 2.75) is 0 Å². The molecule has 0 fully saturated rings. The Bertz CT molecular complexity index is 648. The molecule has 3 rings (SSSR count). The molecule has 0 aliphatic heterocycles. The molecule has 1 aromatic carbocycles. The third-order valence-corrected chi connectivity index (χ3v) is 4.49. The second-order valence-corrected chi connectivity index (χ2v) is 6.30. The summed E-state index contributed by atoms with van der Waals surface area (Å²) in [5, 5.41) is 1.02. The van der Waals surface area contributed by atoms with Gasteiger partial charge in [0.1, 0.15) is 5.01 Å². The molecular weight excluding hydrogens is 270 g/mol. The first kappa shape index (κ1) is 11.0. The van der Waals surface area contributed by atoms with Crippen LogP contribution in [0.4, 0.5) is 0 Å². The number of nitrogens with zero attached hydrogens (tertiary/aromatic N) is 1. The second-order valence-electron chi connectivity index (χ2n) is 3.50. The summed E-state index contributed by atoms with van der Waals surface area (Å²) in [6.07, 6.45) is 4.08. The van der Waals surface area contributed by atoms with E-state index in [1.165, 1.54) is 4.70 Å². The van der Waals surface area contributed by atoms with E-state index >= 15 is 0 Å². The fourth-order valence-electron chi connectivity index (χ4n) is 1.53. The summed E-state index contributed by atoms with van der Waals surface area (Å²) >= 11 is 9.14. The van der Waals surface area contributed by atoms with Crippen LogP contribution in [0.5, 0.6) is 0 Å². The Kier molecular flexibility index (Phi) is 2.97. The van der Waals surface area contributed by atoms with E-state index in [1.807, 2.05) is 42.5 Å². The lowest BCUT2D eigenvalue weighted by molar-refractivity contribution is 1.47. The number of halogens is 1. The van der Waals surface area contributed by atoms with Crippen LogP contribution in [0.25, 0.3) is 22.4 Å². The van der Waals surface area contributed by atoms with E-state index in [1.54, 1.807) is 22.7 Å². The van der Waals surface area contributed by atoms with E-state index in [-0.39, 0.29) is 0 Å². The van der Waals surface area contributed by atoms with Crippen LogP contribution in [-0.4, -0.2) is 4.98 Å². The molecule has 0 unspecified atom stereocenters. The average molecular weight is 278 g/mol. The van der Waals surface area contributed by atoms with Crippen LogP contribution >= 0.6 is 34.3 Å². The molecule has 0 amide bonds. The molecular formula is C13H8ClNS2. The Morgan fingerprint density at radius 1 is 1.00 bits per heavy atom. The molecule has 0 N–H and O–H groups in total. The molecule has 0 bridgehead atoms. The van der Waals surface area contributed by atoms with Gasteiger partial charge in [-0.2, -0.15) is 0 Å². The summed E-state index contributed by atoms with van der Waals surface area (Å²) in [5.41, 5.74) is 1.06. The molecule has 84 valence electrons. The molecule has 0 radical (unpaired) electrons. The number of aromatic nitrogens is 1. The Hall–Kier alpha value is -1.16. The highest BCUT2D eigenvalue weighted by atomic mass is 35.5. The van der Waals surface area contributed by atoms with Crippen LogP contribution in [-0.2, 0) is 0 Å². The van der Waals surface area contributed by atoms with Crippen molar-refractivity contribution in [3.8, 4) is 0 Å². The average Bonchev–Trinajstić information content (AvgIpc) is 2.91. The lowest BCUT2D eigenvalue weighted by Gasteiger charge is -1.82. The highest BCUT2D eigenvalue weighted by Crippen LogP contribution is 2.26. The van der Waals surface area contributed by atoms with Crippen molar-refractivity contribution in [1.82, 2.24) is 4.98 Å². The monoisotopic (exact) mass is 277 g/mol. The number of hydrogen-bond acceptors (Lipinski definition) is 3. The molecule has 17 heavy (non-hydrogen) atoms. The largest absolute Gasteiger partial charge is 0.237 e. The van der Waals surface area contributed by atoms with Gasteiger partial charge >= 0.3 is 0 Å². The predicted molar refractivity (Wildman–Crippen MR) is 77.9 cm³/mol. The SMILES string of the molecule is Clc1ccc(/C=C/c2nc3ccccc3s2)s1. The van der Waals surface area contributed by atoms with Gasteiger partial charge < -0.3 is 0 Å². The molecule has 0 aliphatic carbocycles. The summed E-state index contributed by atoms with van der Waals surface area (Å²) in [7, 11) is 0. The molecule has 0 saturated carbocycles. The van der Waals surface area contributed by atoms with Crippen LogP contribution in [0.15, 0.2) is 36.4 Å². The lowest BCUT2D eigenvalue weighted by Crippen LogP contribution is -1.67. The van der Waals surface area contributed by atoms with Gasteiger partial charge in [-0.05, 0) is 36.4 Å². The van der Waals surface area contributed by atoms with Gasteiger partial charge in [-0.25, -0.2) is 4.98 Å².